The summed E-state index contributed by atoms with van der Waals surface area (Å²) in [7, 11) is 1.40. The van der Waals surface area contributed by atoms with E-state index in [1.807, 2.05) is 12.1 Å². The number of benzene rings is 2. The van der Waals surface area contributed by atoms with E-state index in [0.717, 1.165) is 30.8 Å². The van der Waals surface area contributed by atoms with E-state index in [9.17, 15) is 14.9 Å². The first-order valence-corrected chi connectivity index (χ1v) is 10.2. The van der Waals surface area contributed by atoms with Gasteiger partial charge in [-0.1, -0.05) is 12.1 Å². The van der Waals surface area contributed by atoms with Crippen LogP contribution in [-0.4, -0.2) is 36.8 Å². The van der Waals surface area contributed by atoms with Gasteiger partial charge in [0.25, 0.3) is 0 Å². The molecule has 0 radical (unpaired) electrons. The maximum absolute atomic E-state index is 12.3. The van der Waals surface area contributed by atoms with Crippen LogP contribution < -0.4 is 15.0 Å². The number of rotatable bonds is 8. The number of nitrogens with one attached hydrogen (secondary N) is 1. The number of anilines is 2. The molecule has 0 saturated carbocycles. The Labute approximate surface area is 168 Å². The summed E-state index contributed by atoms with van der Waals surface area (Å²) < 4.78 is 5.00. The van der Waals surface area contributed by atoms with E-state index in [2.05, 4.69) is 23.2 Å². The van der Waals surface area contributed by atoms with Gasteiger partial charge in [-0.3, -0.25) is 14.9 Å². The molecule has 0 unspecified atom stereocenters. The van der Waals surface area contributed by atoms with Crippen molar-refractivity contribution in [3.63, 3.8) is 0 Å². The Hall–Kier alpha value is -2.74. The minimum absolute atomic E-state index is 0.0660. The molecule has 0 saturated heterocycles. The Balaban J connectivity index is 1.54. The van der Waals surface area contributed by atoms with Crippen LogP contribution in [-0.2, 0) is 17.0 Å². The van der Waals surface area contributed by atoms with Gasteiger partial charge in [0.05, 0.1) is 17.8 Å². The molecule has 1 amide bonds. The number of nitrogens with zero attached hydrogens (tertiary/aromatic N) is 2. The van der Waals surface area contributed by atoms with Crippen LogP contribution in [0.3, 0.4) is 0 Å². The molecule has 2 aromatic carbocycles. The Morgan fingerprint density at radius 2 is 2.14 bits per heavy atom. The Kier molecular flexibility index (Phi) is 6.41. The first-order chi connectivity index (χ1) is 13.5. The molecule has 1 N–H and O–H groups in total. The van der Waals surface area contributed by atoms with Crippen molar-refractivity contribution >= 4 is 34.7 Å². The smallest absolute Gasteiger partial charge is 0.311 e. The number of likely N-dealkylation sites (N-methyl/N-ethyl adjacent to an activating group) is 1. The molecule has 148 valence electrons. The van der Waals surface area contributed by atoms with Crippen LogP contribution in [0.25, 0.3) is 0 Å². The number of fused-ring (bicyclic) bond motifs is 1. The third-order valence-corrected chi connectivity index (χ3v) is 5.69. The highest BCUT2D eigenvalue weighted by atomic mass is 32.2. The molecule has 0 fully saturated rings. The third kappa shape index (κ3) is 4.56. The summed E-state index contributed by atoms with van der Waals surface area (Å²) in [5, 5.41) is 14.0. The van der Waals surface area contributed by atoms with E-state index in [0.29, 0.717) is 5.75 Å². The summed E-state index contributed by atoms with van der Waals surface area (Å²) in [4.78, 5) is 25.2. The number of thioether (sulfide) groups is 1. The van der Waals surface area contributed by atoms with Gasteiger partial charge < -0.3 is 15.0 Å². The number of hydrogen-bond donors (Lipinski definition) is 1. The van der Waals surface area contributed by atoms with Crippen LogP contribution in [0.15, 0.2) is 36.4 Å². The minimum atomic E-state index is -0.465. The molecular formula is C20H23N3O4S. The lowest BCUT2D eigenvalue weighted by atomic mass is 10.1. The summed E-state index contributed by atoms with van der Waals surface area (Å²) in [6.45, 7) is 4.10. The zero-order chi connectivity index (χ0) is 20.1. The molecule has 7 nitrogen and oxygen atoms in total. The highest BCUT2D eigenvalue weighted by Crippen LogP contribution is 2.31. The minimum Gasteiger partial charge on any atom is -0.490 e. The number of nitro benzene ring substituents is 1. The van der Waals surface area contributed by atoms with Gasteiger partial charge in [-0.15, -0.1) is 11.8 Å². The number of hydrogen-bond acceptors (Lipinski definition) is 6. The molecule has 2 aromatic rings. The van der Waals surface area contributed by atoms with Gasteiger partial charge in [0.15, 0.2) is 5.75 Å². The summed E-state index contributed by atoms with van der Waals surface area (Å²) >= 11 is 1.41. The van der Waals surface area contributed by atoms with Crippen molar-refractivity contribution in [1.29, 1.82) is 0 Å². The van der Waals surface area contributed by atoms with Gasteiger partial charge >= 0.3 is 5.69 Å². The van der Waals surface area contributed by atoms with Crippen LogP contribution in [0, 0.1) is 10.1 Å². The predicted octanol–water partition coefficient (Wildman–Crippen LogP) is 3.86. The van der Waals surface area contributed by atoms with Gasteiger partial charge in [0.2, 0.25) is 5.91 Å². The third-order valence-electron chi connectivity index (χ3n) is 4.68. The summed E-state index contributed by atoms with van der Waals surface area (Å²) in [5.41, 5.74) is 4.02. The van der Waals surface area contributed by atoms with Crippen molar-refractivity contribution in [2.75, 3.05) is 36.2 Å². The monoisotopic (exact) mass is 401 g/mol. The molecule has 8 heteroatoms. The second-order valence-corrected chi connectivity index (χ2v) is 7.46. The average Bonchev–Trinajstić information content (AvgIpc) is 3.10. The van der Waals surface area contributed by atoms with E-state index < -0.39 is 4.92 Å². The van der Waals surface area contributed by atoms with E-state index in [4.69, 9.17) is 4.74 Å². The largest absolute Gasteiger partial charge is 0.490 e. The average molecular weight is 401 g/mol. The van der Waals surface area contributed by atoms with Crippen molar-refractivity contribution in [3.8, 4) is 5.75 Å². The lowest BCUT2D eigenvalue weighted by Crippen LogP contribution is -2.19. The molecule has 0 aliphatic carbocycles. The van der Waals surface area contributed by atoms with Crippen molar-refractivity contribution in [1.82, 2.24) is 0 Å². The lowest BCUT2D eigenvalue weighted by Gasteiger charge is -2.17. The van der Waals surface area contributed by atoms with Gasteiger partial charge in [-0.25, -0.2) is 0 Å². The molecule has 1 heterocycles. The molecule has 3 rings (SSSR count). The van der Waals surface area contributed by atoms with Crippen LogP contribution in [0.5, 0.6) is 5.75 Å². The summed E-state index contributed by atoms with van der Waals surface area (Å²) in [5.74, 6) is 0.920. The molecule has 1 aliphatic heterocycles. The van der Waals surface area contributed by atoms with Crippen molar-refractivity contribution in [2.24, 2.45) is 0 Å². The van der Waals surface area contributed by atoms with Crippen LogP contribution in [0.4, 0.5) is 17.1 Å². The van der Waals surface area contributed by atoms with Gasteiger partial charge in [0, 0.05) is 36.3 Å². The molecule has 1 aliphatic rings. The van der Waals surface area contributed by atoms with Gasteiger partial charge in [-0.2, -0.15) is 0 Å². The fraction of sp³-hybridized carbons (Fsp3) is 0.350. The second kappa shape index (κ2) is 8.97. The van der Waals surface area contributed by atoms with E-state index >= 15 is 0 Å². The number of ether oxygens (including phenoxy) is 1. The first-order valence-electron chi connectivity index (χ1n) is 9.08. The highest BCUT2D eigenvalue weighted by Gasteiger charge is 2.18. The summed E-state index contributed by atoms with van der Waals surface area (Å²) in [6.07, 6.45) is 1.04. The molecule has 0 aromatic heterocycles. The number of nitro groups is 1. The fourth-order valence-electron chi connectivity index (χ4n) is 3.28. The normalized spacial score (nSPS) is 12.6. The number of carbonyl (C=O) groups excluding carboxylic acids is 1. The Morgan fingerprint density at radius 3 is 2.86 bits per heavy atom. The van der Waals surface area contributed by atoms with E-state index in [1.54, 1.807) is 12.1 Å². The van der Waals surface area contributed by atoms with E-state index in [1.165, 1.54) is 36.2 Å². The maximum Gasteiger partial charge on any atom is 0.311 e. The van der Waals surface area contributed by atoms with Gasteiger partial charge in [-0.05, 0) is 42.7 Å². The highest BCUT2D eigenvalue weighted by molar-refractivity contribution is 7.99. The van der Waals surface area contributed by atoms with Gasteiger partial charge in [0.1, 0.15) is 0 Å². The number of amides is 1. The van der Waals surface area contributed by atoms with Crippen LogP contribution in [0.1, 0.15) is 18.1 Å². The van der Waals surface area contributed by atoms with Crippen LogP contribution >= 0.6 is 11.8 Å². The topological polar surface area (TPSA) is 84.7 Å². The maximum atomic E-state index is 12.3. The molecule has 0 bridgehead atoms. The summed E-state index contributed by atoms with van der Waals surface area (Å²) in [6, 6.07) is 10.9. The zero-order valence-corrected chi connectivity index (χ0v) is 16.8. The molecular weight excluding hydrogens is 378 g/mol. The predicted molar refractivity (Wildman–Crippen MR) is 112 cm³/mol. The fourth-order valence-corrected chi connectivity index (χ4v) is 4.05. The Bertz CT molecular complexity index is 888. The quantitative estimate of drug-likeness (QED) is 0.534. The molecule has 0 spiro atoms. The molecule has 0 atom stereocenters. The van der Waals surface area contributed by atoms with Crippen LogP contribution in [0.2, 0.25) is 0 Å². The molecule has 28 heavy (non-hydrogen) atoms. The number of methoxy groups -OCH3 is 1. The van der Waals surface area contributed by atoms with Crippen molar-refractivity contribution in [3.05, 3.63) is 57.6 Å². The van der Waals surface area contributed by atoms with E-state index in [-0.39, 0.29) is 23.1 Å². The Morgan fingerprint density at radius 1 is 1.32 bits per heavy atom. The SMILES string of the molecule is CCN1CCc2ccc(NC(=O)CSCc3ccc(OC)c([N+](=O)[O-])c3)cc21. The zero-order valence-electron chi connectivity index (χ0n) is 15.9. The van der Waals surface area contributed by atoms with Crippen molar-refractivity contribution < 1.29 is 14.5 Å². The van der Waals surface area contributed by atoms with Crippen molar-refractivity contribution in [2.45, 2.75) is 19.1 Å². The first kappa shape index (κ1) is 20.0. The lowest BCUT2D eigenvalue weighted by molar-refractivity contribution is -0.385. The standard InChI is InChI=1S/C20H23N3O4S/c1-3-22-9-8-15-5-6-16(11-17(15)22)21-20(24)13-28-12-14-4-7-19(27-2)18(10-14)23(25)26/h4-7,10-11H,3,8-9,12-13H2,1-2H3,(H,21,24). The second-order valence-electron chi connectivity index (χ2n) is 6.48. The number of carbonyl (C=O) groups is 1.